The van der Waals surface area contributed by atoms with Gasteiger partial charge in [0.05, 0.1) is 13.7 Å². The molecule has 2 atom stereocenters. The molecule has 2 aromatic rings. The lowest BCUT2D eigenvalue weighted by Crippen LogP contribution is -2.53. The molecule has 0 spiro atoms. The molecular formula is C32H39N3O5. The lowest BCUT2D eigenvalue weighted by Gasteiger charge is -2.46. The number of carbonyl (C=O) groups is 4. The molecule has 5 rings (SSSR count). The molecule has 2 aromatic carbocycles. The predicted octanol–water partition coefficient (Wildman–Crippen LogP) is 4.32. The van der Waals surface area contributed by atoms with Crippen molar-refractivity contribution in [3.8, 4) is 0 Å². The van der Waals surface area contributed by atoms with E-state index in [1.54, 1.807) is 4.90 Å². The van der Waals surface area contributed by atoms with E-state index in [1.165, 1.54) is 7.11 Å². The Bertz CT molecular complexity index is 1320. The number of likely N-dealkylation sites (tertiary alicyclic amines) is 2. The number of carbonyl (C=O) groups excluding carboxylic acids is 4. The smallest absolute Gasteiger partial charge is 0.317 e. The van der Waals surface area contributed by atoms with Crippen LogP contribution in [0.2, 0.25) is 0 Å². The van der Waals surface area contributed by atoms with Crippen molar-refractivity contribution in [1.29, 1.82) is 0 Å². The molecule has 0 radical (unpaired) electrons. The monoisotopic (exact) mass is 545 g/mol. The average Bonchev–Trinajstić information content (AvgIpc) is 3.25. The van der Waals surface area contributed by atoms with Crippen molar-refractivity contribution in [2.75, 3.05) is 26.7 Å². The highest BCUT2D eigenvalue weighted by atomic mass is 16.5. The maximum atomic E-state index is 14.1. The van der Waals surface area contributed by atoms with Gasteiger partial charge in [-0.05, 0) is 54.9 Å². The number of esters is 1. The third kappa shape index (κ3) is 5.62. The summed E-state index contributed by atoms with van der Waals surface area (Å²) in [7, 11) is 1.40. The van der Waals surface area contributed by atoms with Gasteiger partial charge in [0.1, 0.15) is 5.41 Å². The Kier molecular flexibility index (Phi) is 8.52. The van der Waals surface area contributed by atoms with E-state index in [2.05, 4.69) is 11.4 Å². The van der Waals surface area contributed by atoms with Crippen LogP contribution in [0.5, 0.6) is 0 Å². The van der Waals surface area contributed by atoms with Crippen LogP contribution >= 0.6 is 0 Å². The third-order valence-electron chi connectivity index (χ3n) is 8.70. The number of nitrogens with zero attached hydrogens (tertiary/aromatic N) is 2. The van der Waals surface area contributed by atoms with Crippen molar-refractivity contribution in [2.24, 2.45) is 11.3 Å². The van der Waals surface area contributed by atoms with Crippen LogP contribution in [0.25, 0.3) is 10.8 Å². The van der Waals surface area contributed by atoms with E-state index in [9.17, 15) is 19.2 Å². The molecule has 2 fully saturated rings. The standard InChI is InChI=1S/C32H39N3O5/c1-40-31(39)32-16-6-2-3-14-27(32)35(22-24-12-7-11-23-10-4-5-13-26(23)24)30(38)25(21-32)20-28(36)33-17-9-19-34-18-8-15-29(34)37/h4-5,7,10-14,25H,2-3,6,8-9,15-22H2,1H3,(H,33,36)/t25-,32+/m1/s1. The first-order valence-electron chi connectivity index (χ1n) is 14.5. The lowest BCUT2D eigenvalue weighted by atomic mass is 9.69. The largest absolute Gasteiger partial charge is 0.468 e. The Morgan fingerprint density at radius 3 is 2.70 bits per heavy atom. The number of nitrogens with one attached hydrogen (secondary N) is 1. The van der Waals surface area contributed by atoms with Crippen LogP contribution in [0.1, 0.15) is 63.4 Å². The van der Waals surface area contributed by atoms with Gasteiger partial charge in [-0.3, -0.25) is 19.2 Å². The second-order valence-corrected chi connectivity index (χ2v) is 11.3. The van der Waals surface area contributed by atoms with Crippen LogP contribution < -0.4 is 5.32 Å². The number of amides is 3. The maximum absolute atomic E-state index is 14.1. The fourth-order valence-electron chi connectivity index (χ4n) is 6.70. The first-order chi connectivity index (χ1) is 19.4. The van der Waals surface area contributed by atoms with E-state index in [1.807, 2.05) is 47.4 Å². The summed E-state index contributed by atoms with van der Waals surface area (Å²) in [6.45, 7) is 2.17. The summed E-state index contributed by atoms with van der Waals surface area (Å²) in [6.07, 6.45) is 7.65. The summed E-state index contributed by atoms with van der Waals surface area (Å²) < 4.78 is 5.35. The van der Waals surface area contributed by atoms with Crippen molar-refractivity contribution < 1.29 is 23.9 Å². The molecule has 2 aliphatic heterocycles. The van der Waals surface area contributed by atoms with Gasteiger partial charge in [-0.25, -0.2) is 0 Å². The van der Waals surface area contributed by atoms with Crippen molar-refractivity contribution in [3.63, 3.8) is 0 Å². The van der Waals surface area contributed by atoms with Gasteiger partial charge in [0.25, 0.3) is 0 Å². The molecule has 0 aromatic heterocycles. The molecule has 0 unspecified atom stereocenters. The highest BCUT2D eigenvalue weighted by molar-refractivity contribution is 5.93. The van der Waals surface area contributed by atoms with E-state index in [0.29, 0.717) is 38.9 Å². The topological polar surface area (TPSA) is 96.0 Å². The van der Waals surface area contributed by atoms with Crippen molar-refractivity contribution in [2.45, 2.75) is 64.3 Å². The van der Waals surface area contributed by atoms with E-state index < -0.39 is 11.3 Å². The Balaban J connectivity index is 1.37. The SMILES string of the molecule is COC(=O)[C@]12CCCCC=C1N(Cc1cccc3ccccc13)C(=O)[C@H](CC(=O)NCCCN1CCCC1=O)C2. The molecule has 3 aliphatic rings. The van der Waals surface area contributed by atoms with E-state index in [4.69, 9.17) is 4.74 Å². The first kappa shape index (κ1) is 27.9. The number of rotatable bonds is 9. The van der Waals surface area contributed by atoms with Gasteiger partial charge < -0.3 is 19.9 Å². The zero-order valence-electron chi connectivity index (χ0n) is 23.3. The normalized spacial score (nSPS) is 23.0. The van der Waals surface area contributed by atoms with Crippen LogP contribution in [0.15, 0.2) is 54.2 Å². The molecule has 0 saturated carbocycles. The summed E-state index contributed by atoms with van der Waals surface area (Å²) in [4.78, 5) is 56.0. The minimum atomic E-state index is -0.954. The molecule has 40 heavy (non-hydrogen) atoms. The fourth-order valence-corrected chi connectivity index (χ4v) is 6.70. The molecule has 8 heteroatoms. The van der Waals surface area contributed by atoms with E-state index in [-0.39, 0.29) is 36.5 Å². The Morgan fingerprint density at radius 2 is 1.90 bits per heavy atom. The zero-order chi connectivity index (χ0) is 28.1. The first-order valence-corrected chi connectivity index (χ1v) is 14.5. The molecule has 2 heterocycles. The van der Waals surface area contributed by atoms with Gasteiger partial charge in [0.15, 0.2) is 0 Å². The van der Waals surface area contributed by atoms with Gasteiger partial charge in [-0.15, -0.1) is 0 Å². The summed E-state index contributed by atoms with van der Waals surface area (Å²) in [5.41, 5.74) is 0.767. The highest BCUT2D eigenvalue weighted by Crippen LogP contribution is 2.50. The summed E-state index contributed by atoms with van der Waals surface area (Å²) >= 11 is 0. The molecule has 212 valence electrons. The Morgan fingerprint density at radius 1 is 1.07 bits per heavy atom. The van der Waals surface area contributed by atoms with Crippen molar-refractivity contribution in [1.82, 2.24) is 15.1 Å². The van der Waals surface area contributed by atoms with Crippen LogP contribution in [0, 0.1) is 11.3 Å². The molecule has 0 bridgehead atoms. The fraction of sp³-hybridized carbons (Fsp3) is 0.500. The van der Waals surface area contributed by atoms with Gasteiger partial charge in [-0.1, -0.05) is 55.0 Å². The number of hydrogen-bond acceptors (Lipinski definition) is 5. The average molecular weight is 546 g/mol. The Hall–Kier alpha value is -3.68. The third-order valence-corrected chi connectivity index (χ3v) is 8.70. The number of methoxy groups -OCH3 is 1. The van der Waals surface area contributed by atoms with Crippen LogP contribution in [-0.2, 0) is 30.5 Å². The number of ether oxygens (including phenoxy) is 1. The van der Waals surface area contributed by atoms with E-state index in [0.717, 1.165) is 54.3 Å². The van der Waals surface area contributed by atoms with Crippen LogP contribution in [0.3, 0.4) is 0 Å². The second kappa shape index (κ2) is 12.2. The second-order valence-electron chi connectivity index (χ2n) is 11.3. The minimum absolute atomic E-state index is 0.0134. The van der Waals surface area contributed by atoms with Crippen molar-refractivity contribution in [3.05, 3.63) is 59.8 Å². The number of piperidine rings is 1. The van der Waals surface area contributed by atoms with Gasteiger partial charge in [0, 0.05) is 44.1 Å². The highest BCUT2D eigenvalue weighted by Gasteiger charge is 2.53. The number of fused-ring (bicyclic) bond motifs is 2. The van der Waals surface area contributed by atoms with Gasteiger partial charge >= 0.3 is 5.97 Å². The Labute approximate surface area is 235 Å². The molecular weight excluding hydrogens is 506 g/mol. The predicted molar refractivity (Wildman–Crippen MR) is 152 cm³/mol. The van der Waals surface area contributed by atoms with Gasteiger partial charge in [0.2, 0.25) is 17.7 Å². The molecule has 3 amide bonds. The summed E-state index contributed by atoms with van der Waals surface area (Å²) in [6, 6.07) is 14.1. The van der Waals surface area contributed by atoms with Crippen molar-refractivity contribution >= 4 is 34.5 Å². The lowest BCUT2D eigenvalue weighted by molar-refractivity contribution is -0.160. The van der Waals surface area contributed by atoms with Crippen LogP contribution in [0.4, 0.5) is 0 Å². The number of benzene rings is 2. The summed E-state index contributed by atoms with van der Waals surface area (Å²) in [5.74, 6) is -1.14. The molecule has 2 saturated heterocycles. The van der Waals surface area contributed by atoms with E-state index >= 15 is 0 Å². The summed E-state index contributed by atoms with van der Waals surface area (Å²) in [5, 5.41) is 5.09. The zero-order valence-corrected chi connectivity index (χ0v) is 23.3. The molecule has 8 nitrogen and oxygen atoms in total. The maximum Gasteiger partial charge on any atom is 0.317 e. The van der Waals surface area contributed by atoms with Gasteiger partial charge in [-0.2, -0.15) is 0 Å². The minimum Gasteiger partial charge on any atom is -0.468 e. The molecule has 1 N–H and O–H groups in total. The number of allylic oxidation sites excluding steroid dienone is 1. The number of hydrogen-bond donors (Lipinski definition) is 1. The molecule has 1 aliphatic carbocycles. The van der Waals surface area contributed by atoms with Crippen LogP contribution in [-0.4, -0.2) is 60.2 Å². The quantitative estimate of drug-likeness (QED) is 0.374.